The van der Waals surface area contributed by atoms with E-state index in [0.717, 1.165) is 31.4 Å². The van der Waals surface area contributed by atoms with Gasteiger partial charge in [-0.05, 0) is 51.0 Å². The van der Waals surface area contributed by atoms with E-state index >= 15 is 0 Å². The zero-order valence-corrected chi connectivity index (χ0v) is 11.8. The highest BCUT2D eigenvalue weighted by Gasteiger charge is 2.12. The number of aliphatic hydroxyl groups excluding tert-OH is 1. The van der Waals surface area contributed by atoms with Gasteiger partial charge >= 0.3 is 0 Å². The zero-order valence-electron chi connectivity index (χ0n) is 11.8. The quantitative estimate of drug-likeness (QED) is 0.827. The molecule has 0 spiro atoms. The highest BCUT2D eigenvalue weighted by atomic mass is 16.3. The number of hydrogen-bond acceptors (Lipinski definition) is 2. The van der Waals surface area contributed by atoms with Crippen LogP contribution in [0, 0.1) is 19.8 Å². The largest absolute Gasteiger partial charge is 0.393 e. The maximum Gasteiger partial charge on any atom is 0.0628 e. The number of aryl methyl sites for hydroxylation is 2. The van der Waals surface area contributed by atoms with Crippen LogP contribution < -0.4 is 0 Å². The zero-order chi connectivity index (χ0) is 13.0. The van der Waals surface area contributed by atoms with Gasteiger partial charge < -0.3 is 5.11 Å². The Balaban J connectivity index is 2.44. The molecule has 0 aliphatic carbocycles. The van der Waals surface area contributed by atoms with Gasteiger partial charge in [-0.3, -0.25) is 4.68 Å². The molecule has 3 nitrogen and oxygen atoms in total. The maximum absolute atomic E-state index is 9.92. The smallest absolute Gasteiger partial charge is 0.0628 e. The topological polar surface area (TPSA) is 38.0 Å². The van der Waals surface area contributed by atoms with Crippen molar-refractivity contribution in [1.29, 1.82) is 0 Å². The Morgan fingerprint density at radius 1 is 1.18 bits per heavy atom. The molecule has 0 radical (unpaired) electrons. The summed E-state index contributed by atoms with van der Waals surface area (Å²) in [5.74, 6) is 0.673. The molecule has 98 valence electrons. The molecule has 0 aliphatic rings. The first kappa shape index (κ1) is 14.2. The summed E-state index contributed by atoms with van der Waals surface area (Å²) in [6.07, 6.45) is 3.63. The van der Waals surface area contributed by atoms with Gasteiger partial charge in [0.2, 0.25) is 0 Å². The normalized spacial score (nSPS) is 13.4. The summed E-state index contributed by atoms with van der Waals surface area (Å²) in [5, 5.41) is 14.3. The monoisotopic (exact) mass is 238 g/mol. The van der Waals surface area contributed by atoms with Crippen molar-refractivity contribution >= 4 is 0 Å². The van der Waals surface area contributed by atoms with Crippen LogP contribution in [0.15, 0.2) is 0 Å². The predicted octanol–water partition coefficient (Wildman–Crippen LogP) is 2.77. The lowest BCUT2D eigenvalue weighted by molar-refractivity contribution is 0.147. The van der Waals surface area contributed by atoms with Crippen LogP contribution in [0.2, 0.25) is 0 Å². The molecule has 0 fully saturated rings. The SMILES string of the molecule is Cc1nn(C)c(C)c1CCC(O)CCC(C)C. The number of aliphatic hydroxyl groups is 1. The fourth-order valence-electron chi connectivity index (χ4n) is 2.16. The van der Waals surface area contributed by atoms with Crippen molar-refractivity contribution in [3.05, 3.63) is 17.0 Å². The van der Waals surface area contributed by atoms with Crippen molar-refractivity contribution in [3.63, 3.8) is 0 Å². The lowest BCUT2D eigenvalue weighted by Crippen LogP contribution is -2.09. The molecule has 1 N–H and O–H groups in total. The van der Waals surface area contributed by atoms with E-state index in [9.17, 15) is 5.11 Å². The third-order valence-electron chi connectivity index (χ3n) is 3.46. The second-order valence-corrected chi connectivity index (χ2v) is 5.44. The van der Waals surface area contributed by atoms with E-state index in [-0.39, 0.29) is 6.10 Å². The molecule has 0 saturated heterocycles. The fourth-order valence-corrected chi connectivity index (χ4v) is 2.16. The molecule has 1 aromatic heterocycles. The molecule has 0 amide bonds. The average molecular weight is 238 g/mol. The van der Waals surface area contributed by atoms with Crippen molar-refractivity contribution in [1.82, 2.24) is 9.78 Å². The van der Waals surface area contributed by atoms with E-state index < -0.39 is 0 Å². The fraction of sp³-hybridized carbons (Fsp3) is 0.786. The molecule has 3 heteroatoms. The Kier molecular flexibility index (Phi) is 5.19. The second kappa shape index (κ2) is 6.20. The van der Waals surface area contributed by atoms with Crippen LogP contribution >= 0.6 is 0 Å². The third kappa shape index (κ3) is 4.15. The van der Waals surface area contributed by atoms with Gasteiger partial charge in [-0.1, -0.05) is 13.8 Å². The second-order valence-electron chi connectivity index (χ2n) is 5.44. The minimum absolute atomic E-state index is 0.170. The number of rotatable bonds is 6. The van der Waals surface area contributed by atoms with Gasteiger partial charge in [0, 0.05) is 12.7 Å². The first-order valence-electron chi connectivity index (χ1n) is 6.59. The molecule has 1 aromatic rings. The summed E-state index contributed by atoms with van der Waals surface area (Å²) in [7, 11) is 1.97. The molecule has 1 rings (SSSR count). The Labute approximate surface area is 105 Å². The molecule has 17 heavy (non-hydrogen) atoms. The third-order valence-corrected chi connectivity index (χ3v) is 3.46. The Hall–Kier alpha value is -0.830. The summed E-state index contributed by atoms with van der Waals surface area (Å²) in [4.78, 5) is 0. The molecule has 0 aromatic carbocycles. The predicted molar refractivity (Wildman–Crippen MR) is 71.1 cm³/mol. The number of aromatic nitrogens is 2. The van der Waals surface area contributed by atoms with Crippen LogP contribution in [-0.4, -0.2) is 21.0 Å². The minimum atomic E-state index is -0.170. The summed E-state index contributed by atoms with van der Waals surface area (Å²) < 4.78 is 1.92. The van der Waals surface area contributed by atoms with Crippen LogP contribution in [0.3, 0.4) is 0 Å². The van der Waals surface area contributed by atoms with Gasteiger partial charge in [-0.2, -0.15) is 5.10 Å². The Morgan fingerprint density at radius 2 is 1.82 bits per heavy atom. The lowest BCUT2D eigenvalue weighted by atomic mass is 9.99. The standard InChI is InChI=1S/C14H26N2O/c1-10(2)6-7-13(17)8-9-14-11(3)15-16(5)12(14)4/h10,13,17H,6-9H2,1-5H3. The van der Waals surface area contributed by atoms with Crippen molar-refractivity contribution in [2.45, 2.75) is 59.5 Å². The Bertz CT molecular complexity index is 355. The van der Waals surface area contributed by atoms with E-state index in [1.807, 2.05) is 18.7 Å². The molecule has 1 unspecified atom stereocenters. The van der Waals surface area contributed by atoms with Gasteiger partial charge in [0.15, 0.2) is 0 Å². The van der Waals surface area contributed by atoms with E-state index in [2.05, 4.69) is 25.9 Å². The van der Waals surface area contributed by atoms with Crippen molar-refractivity contribution in [2.75, 3.05) is 0 Å². The average Bonchev–Trinajstić information content (AvgIpc) is 2.48. The van der Waals surface area contributed by atoms with Crippen LogP contribution in [0.25, 0.3) is 0 Å². The number of hydrogen-bond donors (Lipinski definition) is 1. The van der Waals surface area contributed by atoms with Gasteiger partial charge in [0.1, 0.15) is 0 Å². The van der Waals surface area contributed by atoms with E-state index in [0.29, 0.717) is 5.92 Å². The molecule has 0 aliphatic heterocycles. The van der Waals surface area contributed by atoms with Crippen LogP contribution in [0.5, 0.6) is 0 Å². The molecular weight excluding hydrogens is 212 g/mol. The van der Waals surface area contributed by atoms with Crippen molar-refractivity contribution < 1.29 is 5.11 Å². The van der Waals surface area contributed by atoms with Crippen LogP contribution in [0.1, 0.15) is 50.1 Å². The van der Waals surface area contributed by atoms with E-state index in [1.54, 1.807) is 0 Å². The molecular formula is C14H26N2O. The molecule has 0 bridgehead atoms. The van der Waals surface area contributed by atoms with E-state index in [1.165, 1.54) is 11.3 Å². The Morgan fingerprint density at radius 3 is 2.29 bits per heavy atom. The van der Waals surface area contributed by atoms with Crippen LogP contribution in [-0.2, 0) is 13.5 Å². The van der Waals surface area contributed by atoms with Gasteiger partial charge in [0.25, 0.3) is 0 Å². The van der Waals surface area contributed by atoms with Crippen molar-refractivity contribution in [3.8, 4) is 0 Å². The van der Waals surface area contributed by atoms with Gasteiger partial charge in [-0.15, -0.1) is 0 Å². The summed E-state index contributed by atoms with van der Waals surface area (Å²) in [5.41, 5.74) is 3.62. The molecule has 1 heterocycles. The highest BCUT2D eigenvalue weighted by molar-refractivity contribution is 5.24. The summed E-state index contributed by atoms with van der Waals surface area (Å²) in [6.45, 7) is 8.53. The van der Waals surface area contributed by atoms with Crippen LogP contribution in [0.4, 0.5) is 0 Å². The lowest BCUT2D eigenvalue weighted by Gasteiger charge is -2.12. The van der Waals surface area contributed by atoms with Gasteiger partial charge in [-0.25, -0.2) is 0 Å². The highest BCUT2D eigenvalue weighted by Crippen LogP contribution is 2.17. The minimum Gasteiger partial charge on any atom is -0.393 e. The first-order chi connectivity index (χ1) is 7.91. The summed E-state index contributed by atoms with van der Waals surface area (Å²) in [6, 6.07) is 0. The van der Waals surface area contributed by atoms with Crippen molar-refractivity contribution in [2.24, 2.45) is 13.0 Å². The first-order valence-corrected chi connectivity index (χ1v) is 6.59. The summed E-state index contributed by atoms with van der Waals surface area (Å²) >= 11 is 0. The van der Waals surface area contributed by atoms with E-state index in [4.69, 9.17) is 0 Å². The number of nitrogens with zero attached hydrogens (tertiary/aromatic N) is 2. The van der Waals surface area contributed by atoms with Gasteiger partial charge in [0.05, 0.1) is 11.8 Å². The molecule has 1 atom stereocenters. The molecule has 0 saturated carbocycles. The maximum atomic E-state index is 9.92.